The monoisotopic (exact) mass is 705 g/mol. The summed E-state index contributed by atoms with van der Waals surface area (Å²) in [4.78, 5) is 76.3. The summed E-state index contributed by atoms with van der Waals surface area (Å²) < 4.78 is 0. The Morgan fingerprint density at radius 1 is 0.600 bits per heavy atom. The van der Waals surface area contributed by atoms with Gasteiger partial charge < -0.3 is 41.9 Å². The molecule has 0 aliphatic rings. The van der Waals surface area contributed by atoms with Gasteiger partial charge in [0.25, 0.3) is 0 Å². The maximum atomic E-state index is 13.5. The van der Waals surface area contributed by atoms with E-state index < -0.39 is 84.9 Å². The molecule has 8 N–H and O–H groups in total. The Hall–Kier alpha value is -4.04. The summed E-state index contributed by atoms with van der Waals surface area (Å²) in [6, 6.07) is 4.11. The summed E-state index contributed by atoms with van der Waals surface area (Å²) in [6.45, 7) is 15.7. The van der Waals surface area contributed by atoms with E-state index in [9.17, 15) is 39.0 Å². The molecule has 1 aromatic carbocycles. The van der Waals surface area contributed by atoms with Crippen molar-refractivity contribution < 1.29 is 44.1 Å². The molecule has 0 aromatic heterocycles. The second-order valence-electron chi connectivity index (χ2n) is 14.4. The molecule has 1 rings (SSSR count). The Morgan fingerprint density at radius 3 is 1.56 bits per heavy atom. The molecule has 50 heavy (non-hydrogen) atoms. The van der Waals surface area contributed by atoms with Gasteiger partial charge in [-0.05, 0) is 43.1 Å². The minimum atomic E-state index is -1.39. The molecule has 0 fully saturated rings. The van der Waals surface area contributed by atoms with E-state index in [0.29, 0.717) is 6.42 Å². The average molecular weight is 706 g/mol. The van der Waals surface area contributed by atoms with Crippen molar-refractivity contribution in [2.24, 2.45) is 23.7 Å². The molecular formula is C36H59N5O9. The third-order valence-corrected chi connectivity index (χ3v) is 8.18. The molecule has 0 saturated carbocycles. The standard InChI is InChI=1S/C36H59N5O9/c1-19(2)15-25(39-35(49)31(20(3)4)41-36(50)32(21(5)6)40-33(47)22(7)8)27(42)17-29(44)37-23(9)34(48)38-26(28(43)18-30(45)46)16-24-13-11-10-12-14-24/h10-14,19-23,25-28,31-32,42-43H,15-18H2,1-9H3,(H,37,44)(H,38,48)(H,39,49)(H,40,47)(H,41,50)(H,45,46). The van der Waals surface area contributed by atoms with Crippen molar-refractivity contribution in [2.45, 2.75) is 130 Å². The number of aliphatic hydroxyl groups is 2. The van der Waals surface area contributed by atoms with Gasteiger partial charge >= 0.3 is 5.97 Å². The number of carbonyl (C=O) groups excluding carboxylic acids is 5. The third kappa shape index (κ3) is 15.7. The van der Waals surface area contributed by atoms with E-state index >= 15 is 0 Å². The number of aliphatic hydroxyl groups excluding tert-OH is 2. The van der Waals surface area contributed by atoms with Crippen LogP contribution in [0.2, 0.25) is 0 Å². The number of benzene rings is 1. The number of carboxylic acid groups (broad SMARTS) is 1. The first kappa shape index (κ1) is 44.0. The van der Waals surface area contributed by atoms with Crippen LogP contribution in [0.25, 0.3) is 0 Å². The van der Waals surface area contributed by atoms with Crippen molar-refractivity contribution in [2.75, 3.05) is 0 Å². The molecule has 282 valence electrons. The first-order chi connectivity index (χ1) is 23.2. The molecule has 7 atom stereocenters. The van der Waals surface area contributed by atoms with Crippen LogP contribution >= 0.6 is 0 Å². The zero-order valence-corrected chi connectivity index (χ0v) is 30.9. The molecule has 7 unspecified atom stereocenters. The zero-order chi connectivity index (χ0) is 38.3. The second kappa shape index (κ2) is 21.2. The molecule has 0 spiro atoms. The van der Waals surface area contributed by atoms with E-state index in [-0.39, 0.29) is 36.0 Å². The lowest BCUT2D eigenvalue weighted by Gasteiger charge is -2.31. The van der Waals surface area contributed by atoms with Crippen LogP contribution in [0.1, 0.15) is 87.1 Å². The number of rotatable bonds is 21. The largest absolute Gasteiger partial charge is 0.481 e. The van der Waals surface area contributed by atoms with E-state index in [1.165, 1.54) is 6.92 Å². The molecular weight excluding hydrogens is 646 g/mol. The van der Waals surface area contributed by atoms with Crippen molar-refractivity contribution in [3.05, 3.63) is 35.9 Å². The molecule has 0 saturated heterocycles. The van der Waals surface area contributed by atoms with Gasteiger partial charge in [-0.3, -0.25) is 28.8 Å². The smallest absolute Gasteiger partial charge is 0.306 e. The van der Waals surface area contributed by atoms with Crippen LogP contribution in [-0.4, -0.2) is 93.2 Å². The summed E-state index contributed by atoms with van der Waals surface area (Å²) in [5.74, 6) is -4.89. The van der Waals surface area contributed by atoms with Crippen molar-refractivity contribution >= 4 is 35.5 Å². The summed E-state index contributed by atoms with van der Waals surface area (Å²) in [5, 5.41) is 44.2. The molecule has 0 aliphatic carbocycles. The van der Waals surface area contributed by atoms with Crippen LogP contribution in [0.15, 0.2) is 30.3 Å². The number of carbonyl (C=O) groups is 6. The number of hydrogen-bond donors (Lipinski definition) is 8. The lowest BCUT2D eigenvalue weighted by molar-refractivity contribution is -0.140. The highest BCUT2D eigenvalue weighted by atomic mass is 16.4. The van der Waals surface area contributed by atoms with Crippen LogP contribution < -0.4 is 26.6 Å². The van der Waals surface area contributed by atoms with Gasteiger partial charge in [0.2, 0.25) is 29.5 Å². The average Bonchev–Trinajstić information content (AvgIpc) is 3.00. The number of carboxylic acids is 1. The predicted octanol–water partition coefficient (Wildman–Crippen LogP) is 1.27. The highest BCUT2D eigenvalue weighted by Gasteiger charge is 2.34. The first-order valence-corrected chi connectivity index (χ1v) is 17.4. The minimum Gasteiger partial charge on any atom is -0.481 e. The summed E-state index contributed by atoms with van der Waals surface area (Å²) >= 11 is 0. The van der Waals surface area contributed by atoms with Crippen molar-refractivity contribution in [1.29, 1.82) is 0 Å². The fraction of sp³-hybridized carbons (Fsp3) is 0.667. The Bertz CT molecular complexity index is 1270. The van der Waals surface area contributed by atoms with E-state index in [2.05, 4.69) is 26.6 Å². The van der Waals surface area contributed by atoms with E-state index in [1.807, 2.05) is 13.8 Å². The molecule has 14 nitrogen and oxygen atoms in total. The van der Waals surface area contributed by atoms with Crippen LogP contribution in [0, 0.1) is 23.7 Å². The third-order valence-electron chi connectivity index (χ3n) is 8.18. The van der Waals surface area contributed by atoms with Gasteiger partial charge in [0.05, 0.1) is 37.1 Å². The highest BCUT2D eigenvalue weighted by Crippen LogP contribution is 2.14. The van der Waals surface area contributed by atoms with Gasteiger partial charge in [-0.1, -0.05) is 85.7 Å². The Labute approximate surface area is 295 Å². The van der Waals surface area contributed by atoms with Crippen LogP contribution in [0.5, 0.6) is 0 Å². The van der Waals surface area contributed by atoms with Crippen molar-refractivity contribution in [3.8, 4) is 0 Å². The second-order valence-corrected chi connectivity index (χ2v) is 14.4. The maximum Gasteiger partial charge on any atom is 0.306 e. The van der Waals surface area contributed by atoms with E-state index in [1.54, 1.807) is 71.9 Å². The summed E-state index contributed by atoms with van der Waals surface area (Å²) in [7, 11) is 0. The lowest BCUT2D eigenvalue weighted by Crippen LogP contribution is -2.59. The van der Waals surface area contributed by atoms with E-state index in [0.717, 1.165) is 5.56 Å². The Kier molecular flexibility index (Phi) is 18.7. The lowest BCUT2D eigenvalue weighted by atomic mass is 9.95. The molecule has 0 radical (unpaired) electrons. The SMILES string of the molecule is CC(C)CC(NC(=O)C(NC(=O)C(NC(=O)C(C)C)C(C)C)C(C)C)C(O)CC(=O)NC(C)C(=O)NC(Cc1ccccc1)C(O)CC(=O)O. The van der Waals surface area contributed by atoms with E-state index in [4.69, 9.17) is 5.11 Å². The minimum absolute atomic E-state index is 0.00477. The number of amides is 5. The highest BCUT2D eigenvalue weighted by molar-refractivity contribution is 5.93. The fourth-order valence-electron chi connectivity index (χ4n) is 5.20. The fourth-order valence-corrected chi connectivity index (χ4v) is 5.20. The van der Waals surface area contributed by atoms with Gasteiger partial charge in [-0.2, -0.15) is 0 Å². The Balaban J connectivity index is 2.98. The molecule has 14 heteroatoms. The zero-order valence-electron chi connectivity index (χ0n) is 30.9. The normalized spacial score (nSPS) is 15.7. The Morgan fingerprint density at radius 2 is 1.08 bits per heavy atom. The van der Waals surface area contributed by atoms with Gasteiger partial charge in [-0.15, -0.1) is 0 Å². The number of aliphatic carboxylic acids is 1. The molecule has 1 aromatic rings. The quantitative estimate of drug-likeness (QED) is 0.0921. The van der Waals surface area contributed by atoms with Gasteiger partial charge in [0.1, 0.15) is 18.1 Å². The molecule has 5 amide bonds. The van der Waals surface area contributed by atoms with Gasteiger partial charge in [-0.25, -0.2) is 0 Å². The van der Waals surface area contributed by atoms with Crippen LogP contribution in [0.3, 0.4) is 0 Å². The maximum absolute atomic E-state index is 13.5. The topological polar surface area (TPSA) is 223 Å². The van der Waals surface area contributed by atoms with Crippen LogP contribution in [0.4, 0.5) is 0 Å². The van der Waals surface area contributed by atoms with Gasteiger partial charge in [0.15, 0.2) is 0 Å². The number of hydrogen-bond acceptors (Lipinski definition) is 8. The van der Waals surface area contributed by atoms with Crippen molar-refractivity contribution in [1.82, 2.24) is 26.6 Å². The summed E-state index contributed by atoms with van der Waals surface area (Å²) in [6.07, 6.45) is -3.34. The molecule has 0 bridgehead atoms. The first-order valence-electron chi connectivity index (χ1n) is 17.4. The summed E-state index contributed by atoms with van der Waals surface area (Å²) in [5.41, 5.74) is 0.761. The van der Waals surface area contributed by atoms with Crippen LogP contribution in [-0.2, 0) is 35.2 Å². The number of nitrogens with one attached hydrogen (secondary N) is 5. The van der Waals surface area contributed by atoms with Crippen molar-refractivity contribution in [3.63, 3.8) is 0 Å². The molecule has 0 aliphatic heterocycles. The van der Waals surface area contributed by atoms with Gasteiger partial charge in [0, 0.05) is 5.92 Å². The predicted molar refractivity (Wildman–Crippen MR) is 188 cm³/mol. The molecule has 0 heterocycles.